The molecule has 94 valence electrons. The number of hydrogen-bond donors (Lipinski definition) is 1. The highest BCUT2D eigenvalue weighted by atomic mass is 32.1. The maximum absolute atomic E-state index is 11.2. The zero-order valence-electron chi connectivity index (χ0n) is 10.1. The van der Waals surface area contributed by atoms with Gasteiger partial charge in [-0.2, -0.15) is 0 Å². The highest BCUT2D eigenvalue weighted by molar-refractivity contribution is 7.10. The van der Waals surface area contributed by atoms with Crippen molar-refractivity contribution in [1.82, 2.24) is 10.2 Å². The molecule has 1 unspecified atom stereocenters. The molecule has 0 radical (unpaired) electrons. The van der Waals surface area contributed by atoms with E-state index in [0.29, 0.717) is 5.82 Å². The van der Waals surface area contributed by atoms with Crippen molar-refractivity contribution in [3.63, 3.8) is 0 Å². The molecule has 2 rings (SSSR count). The number of rotatable bonds is 4. The topological polar surface area (TPSA) is 64.1 Å². The van der Waals surface area contributed by atoms with Gasteiger partial charge < -0.3 is 10.1 Å². The number of ether oxygens (including phenoxy) is 1. The van der Waals surface area contributed by atoms with E-state index in [0.717, 1.165) is 0 Å². The van der Waals surface area contributed by atoms with E-state index in [1.54, 1.807) is 23.5 Å². The number of thiophene rings is 1. The minimum absolute atomic E-state index is 0.156. The van der Waals surface area contributed by atoms with Crippen molar-refractivity contribution in [3.8, 4) is 0 Å². The molecule has 0 aliphatic heterocycles. The quantitative estimate of drug-likeness (QED) is 0.859. The van der Waals surface area contributed by atoms with Crippen LogP contribution in [-0.4, -0.2) is 23.3 Å². The van der Waals surface area contributed by atoms with Crippen molar-refractivity contribution < 1.29 is 9.53 Å². The molecule has 1 atom stereocenters. The number of carbonyl (C=O) groups is 1. The van der Waals surface area contributed by atoms with E-state index < -0.39 is 5.97 Å². The maximum atomic E-state index is 11.2. The number of nitrogens with zero attached hydrogens (tertiary/aromatic N) is 2. The van der Waals surface area contributed by atoms with Gasteiger partial charge in [-0.15, -0.1) is 21.5 Å². The molecule has 2 aromatic heterocycles. The van der Waals surface area contributed by atoms with Gasteiger partial charge in [0.15, 0.2) is 5.69 Å². The summed E-state index contributed by atoms with van der Waals surface area (Å²) in [5, 5.41) is 13.0. The van der Waals surface area contributed by atoms with Crippen LogP contribution in [0.25, 0.3) is 0 Å². The predicted molar refractivity (Wildman–Crippen MR) is 69.7 cm³/mol. The van der Waals surface area contributed by atoms with E-state index in [1.165, 1.54) is 12.0 Å². The minimum atomic E-state index is -0.486. The molecule has 6 heteroatoms. The average molecular weight is 263 g/mol. The Balaban J connectivity index is 2.04. The number of esters is 1. The number of anilines is 1. The first-order valence-electron chi connectivity index (χ1n) is 5.42. The number of aromatic nitrogens is 2. The van der Waals surface area contributed by atoms with Gasteiger partial charge in [0.1, 0.15) is 5.82 Å². The Bertz CT molecular complexity index is 511. The number of nitrogens with one attached hydrogen (secondary N) is 1. The molecule has 0 aliphatic rings. The lowest BCUT2D eigenvalue weighted by Gasteiger charge is -2.12. The summed E-state index contributed by atoms with van der Waals surface area (Å²) in [5.74, 6) is 0.143. The zero-order chi connectivity index (χ0) is 13.0. The second kappa shape index (κ2) is 5.59. The smallest absolute Gasteiger partial charge is 0.358 e. The summed E-state index contributed by atoms with van der Waals surface area (Å²) >= 11 is 1.68. The largest absolute Gasteiger partial charge is 0.464 e. The second-order valence-corrected chi connectivity index (χ2v) is 4.66. The molecule has 18 heavy (non-hydrogen) atoms. The Labute approximate surface area is 109 Å². The Morgan fingerprint density at radius 1 is 1.39 bits per heavy atom. The van der Waals surface area contributed by atoms with Crippen LogP contribution in [0.3, 0.4) is 0 Å². The molecule has 0 amide bonds. The average Bonchev–Trinajstić information content (AvgIpc) is 2.92. The number of carbonyl (C=O) groups excluding carboxylic acids is 1. The third-order valence-electron chi connectivity index (χ3n) is 2.39. The van der Waals surface area contributed by atoms with Crippen LogP contribution in [0.4, 0.5) is 5.82 Å². The van der Waals surface area contributed by atoms with Gasteiger partial charge in [-0.25, -0.2) is 4.79 Å². The summed E-state index contributed by atoms with van der Waals surface area (Å²) in [7, 11) is 1.31. The first kappa shape index (κ1) is 12.5. The fraction of sp³-hybridized carbons (Fsp3) is 0.250. The van der Waals surface area contributed by atoms with Crippen molar-refractivity contribution in [2.75, 3.05) is 12.4 Å². The third kappa shape index (κ3) is 2.84. The molecule has 5 nitrogen and oxygen atoms in total. The Morgan fingerprint density at radius 2 is 2.22 bits per heavy atom. The fourth-order valence-corrected chi connectivity index (χ4v) is 2.19. The number of methoxy groups -OCH3 is 1. The van der Waals surface area contributed by atoms with Crippen LogP contribution in [-0.2, 0) is 4.74 Å². The summed E-state index contributed by atoms with van der Waals surface area (Å²) in [5.41, 5.74) is 0.201. The summed E-state index contributed by atoms with van der Waals surface area (Å²) in [6.45, 7) is 2.04. The lowest BCUT2D eigenvalue weighted by atomic mass is 10.3. The van der Waals surface area contributed by atoms with Crippen LogP contribution in [0.5, 0.6) is 0 Å². The van der Waals surface area contributed by atoms with Gasteiger partial charge in [0.2, 0.25) is 0 Å². The van der Waals surface area contributed by atoms with E-state index in [1.807, 2.05) is 18.4 Å². The van der Waals surface area contributed by atoms with Gasteiger partial charge in [0.05, 0.1) is 13.2 Å². The summed E-state index contributed by atoms with van der Waals surface area (Å²) < 4.78 is 4.56. The molecular weight excluding hydrogens is 250 g/mol. The van der Waals surface area contributed by atoms with E-state index in [2.05, 4.69) is 26.3 Å². The van der Waals surface area contributed by atoms with E-state index in [4.69, 9.17) is 0 Å². The zero-order valence-corrected chi connectivity index (χ0v) is 10.9. The molecule has 0 saturated carbocycles. The van der Waals surface area contributed by atoms with Crippen LogP contribution in [0, 0.1) is 0 Å². The van der Waals surface area contributed by atoms with Gasteiger partial charge >= 0.3 is 5.97 Å². The van der Waals surface area contributed by atoms with Gasteiger partial charge in [0.25, 0.3) is 0 Å². The Hall–Kier alpha value is -1.95. The maximum Gasteiger partial charge on any atom is 0.358 e. The predicted octanol–water partition coefficient (Wildman–Crippen LogP) is 2.50. The SMILES string of the molecule is COC(=O)c1ccc(NC(C)c2cccs2)nn1. The van der Waals surface area contributed by atoms with Crippen LogP contribution in [0.2, 0.25) is 0 Å². The molecule has 0 aromatic carbocycles. The van der Waals surface area contributed by atoms with Gasteiger partial charge in [0, 0.05) is 4.88 Å². The molecule has 0 bridgehead atoms. The molecule has 2 aromatic rings. The molecule has 0 spiro atoms. The molecular formula is C12H13N3O2S. The van der Waals surface area contributed by atoms with Gasteiger partial charge in [-0.3, -0.25) is 0 Å². The Kier molecular flexibility index (Phi) is 3.88. The van der Waals surface area contributed by atoms with Gasteiger partial charge in [-0.1, -0.05) is 6.07 Å². The van der Waals surface area contributed by atoms with Gasteiger partial charge in [-0.05, 0) is 30.5 Å². The highest BCUT2D eigenvalue weighted by Crippen LogP contribution is 2.21. The van der Waals surface area contributed by atoms with Crippen LogP contribution in [0.15, 0.2) is 29.6 Å². The molecule has 2 heterocycles. The third-order valence-corrected chi connectivity index (χ3v) is 3.45. The summed E-state index contributed by atoms with van der Waals surface area (Å²) in [6.07, 6.45) is 0. The van der Waals surface area contributed by atoms with Crippen molar-refractivity contribution in [2.45, 2.75) is 13.0 Å². The highest BCUT2D eigenvalue weighted by Gasteiger charge is 2.10. The van der Waals surface area contributed by atoms with Crippen molar-refractivity contribution in [1.29, 1.82) is 0 Å². The van der Waals surface area contributed by atoms with Crippen molar-refractivity contribution in [3.05, 3.63) is 40.2 Å². The van der Waals surface area contributed by atoms with Crippen LogP contribution in [0.1, 0.15) is 28.3 Å². The second-order valence-electron chi connectivity index (χ2n) is 3.68. The van der Waals surface area contributed by atoms with E-state index >= 15 is 0 Å². The van der Waals surface area contributed by atoms with E-state index in [-0.39, 0.29) is 11.7 Å². The van der Waals surface area contributed by atoms with Crippen molar-refractivity contribution >= 4 is 23.1 Å². The molecule has 0 fully saturated rings. The normalized spacial score (nSPS) is 11.9. The number of hydrogen-bond acceptors (Lipinski definition) is 6. The minimum Gasteiger partial charge on any atom is -0.464 e. The van der Waals surface area contributed by atoms with Crippen molar-refractivity contribution in [2.24, 2.45) is 0 Å². The van der Waals surface area contributed by atoms with E-state index in [9.17, 15) is 4.79 Å². The monoisotopic (exact) mass is 263 g/mol. The lowest BCUT2D eigenvalue weighted by Crippen LogP contribution is -2.10. The standard InChI is InChI=1S/C12H13N3O2S/c1-8(10-4-3-7-18-10)13-11-6-5-9(14-15-11)12(16)17-2/h3-8H,1-2H3,(H,13,15). The fourth-order valence-electron chi connectivity index (χ4n) is 1.45. The first-order chi connectivity index (χ1) is 8.70. The molecule has 0 aliphatic carbocycles. The lowest BCUT2D eigenvalue weighted by molar-refractivity contribution is 0.0593. The van der Waals surface area contributed by atoms with Crippen LogP contribution < -0.4 is 5.32 Å². The summed E-state index contributed by atoms with van der Waals surface area (Å²) in [4.78, 5) is 12.4. The first-order valence-corrected chi connectivity index (χ1v) is 6.30. The Morgan fingerprint density at radius 3 is 2.78 bits per heavy atom. The van der Waals surface area contributed by atoms with Crippen LogP contribution >= 0.6 is 11.3 Å². The molecule has 0 saturated heterocycles. The summed E-state index contributed by atoms with van der Waals surface area (Å²) in [6, 6.07) is 7.51. The molecule has 1 N–H and O–H groups in total.